The Labute approximate surface area is 176 Å². The highest BCUT2D eigenvalue weighted by atomic mass is 35.5. The standard InChI is InChI=1S/C19H16ClN3O6S/c20-13-4-6-14(7-5-13)30(25,26)9-1-2-17(24)21-19-23-22-18(29-19)12-3-8-15-16(10-12)28-11-27-15/h3-8,10H,1-2,9,11H2,(H,21,23,24). The minimum atomic E-state index is -3.49. The number of carbonyl (C=O) groups excluding carboxylic acids is 1. The van der Waals surface area contributed by atoms with Gasteiger partial charge in [-0.25, -0.2) is 8.42 Å². The summed E-state index contributed by atoms with van der Waals surface area (Å²) in [5.74, 6) is 0.795. The molecule has 1 aliphatic heterocycles. The molecule has 1 N–H and O–H groups in total. The van der Waals surface area contributed by atoms with E-state index in [4.69, 9.17) is 25.5 Å². The van der Waals surface area contributed by atoms with Gasteiger partial charge in [-0.2, -0.15) is 0 Å². The number of nitrogens with one attached hydrogen (secondary N) is 1. The van der Waals surface area contributed by atoms with Gasteiger partial charge in [0.1, 0.15) is 0 Å². The fourth-order valence-corrected chi connectivity index (χ4v) is 4.22. The number of hydrogen-bond acceptors (Lipinski definition) is 8. The first-order valence-electron chi connectivity index (χ1n) is 8.92. The predicted molar refractivity (Wildman–Crippen MR) is 107 cm³/mol. The summed E-state index contributed by atoms with van der Waals surface area (Å²) in [5.41, 5.74) is 0.612. The molecule has 1 aliphatic rings. The third kappa shape index (κ3) is 4.55. The van der Waals surface area contributed by atoms with Crippen LogP contribution < -0.4 is 14.8 Å². The fraction of sp³-hybridized carbons (Fsp3) is 0.211. The molecule has 0 radical (unpaired) electrons. The van der Waals surface area contributed by atoms with Crippen molar-refractivity contribution in [3.8, 4) is 23.0 Å². The van der Waals surface area contributed by atoms with Gasteiger partial charge in [0.05, 0.1) is 10.6 Å². The van der Waals surface area contributed by atoms with E-state index in [2.05, 4.69) is 15.5 Å². The van der Waals surface area contributed by atoms with Gasteiger partial charge in [-0.15, -0.1) is 5.10 Å². The second kappa shape index (κ2) is 8.33. The van der Waals surface area contributed by atoms with Crippen molar-refractivity contribution in [1.29, 1.82) is 0 Å². The highest BCUT2D eigenvalue weighted by Crippen LogP contribution is 2.35. The van der Waals surface area contributed by atoms with E-state index in [0.29, 0.717) is 22.1 Å². The van der Waals surface area contributed by atoms with Crippen LogP contribution in [-0.4, -0.2) is 37.1 Å². The summed E-state index contributed by atoms with van der Waals surface area (Å²) in [5, 5.41) is 10.6. The Hall–Kier alpha value is -3.11. The highest BCUT2D eigenvalue weighted by molar-refractivity contribution is 7.91. The Bertz CT molecular complexity index is 1180. The Morgan fingerprint density at radius 1 is 1.07 bits per heavy atom. The zero-order valence-corrected chi connectivity index (χ0v) is 17.1. The normalized spacial score (nSPS) is 12.7. The number of nitrogens with zero attached hydrogens (tertiary/aromatic N) is 2. The molecule has 1 amide bonds. The van der Waals surface area contributed by atoms with Crippen molar-refractivity contribution in [2.24, 2.45) is 0 Å². The van der Waals surface area contributed by atoms with E-state index >= 15 is 0 Å². The van der Waals surface area contributed by atoms with Crippen LogP contribution in [-0.2, 0) is 14.6 Å². The second-order valence-electron chi connectivity index (χ2n) is 6.40. The average molecular weight is 450 g/mol. The maximum absolute atomic E-state index is 12.3. The molecule has 2 heterocycles. The Morgan fingerprint density at radius 3 is 2.63 bits per heavy atom. The summed E-state index contributed by atoms with van der Waals surface area (Å²) in [6.45, 7) is 0.150. The Morgan fingerprint density at radius 2 is 1.83 bits per heavy atom. The Balaban J connectivity index is 1.31. The van der Waals surface area contributed by atoms with Crippen LogP contribution in [0.1, 0.15) is 12.8 Å². The van der Waals surface area contributed by atoms with Crippen molar-refractivity contribution >= 4 is 33.4 Å². The maximum atomic E-state index is 12.3. The third-order valence-corrected chi connectivity index (χ3v) is 6.35. The minimum Gasteiger partial charge on any atom is -0.454 e. The number of benzene rings is 2. The molecule has 0 saturated carbocycles. The van der Waals surface area contributed by atoms with Gasteiger partial charge in [-0.3, -0.25) is 10.1 Å². The zero-order chi connectivity index (χ0) is 21.1. The molecular formula is C19H16ClN3O6S. The van der Waals surface area contributed by atoms with Crippen molar-refractivity contribution in [1.82, 2.24) is 10.2 Å². The monoisotopic (exact) mass is 449 g/mol. The van der Waals surface area contributed by atoms with Crippen LogP contribution in [0.4, 0.5) is 6.01 Å². The predicted octanol–water partition coefficient (Wildman–Crippen LogP) is 3.31. The van der Waals surface area contributed by atoms with Gasteiger partial charge in [0.25, 0.3) is 0 Å². The van der Waals surface area contributed by atoms with E-state index in [1.807, 2.05) is 0 Å². The molecule has 0 unspecified atom stereocenters. The Kier molecular flexibility index (Phi) is 5.60. The molecule has 0 aliphatic carbocycles. The molecule has 0 fully saturated rings. The lowest BCUT2D eigenvalue weighted by molar-refractivity contribution is -0.116. The van der Waals surface area contributed by atoms with Crippen LogP contribution in [0.3, 0.4) is 0 Å². The molecular weight excluding hydrogens is 434 g/mol. The molecule has 0 spiro atoms. The molecule has 1 aromatic heterocycles. The van der Waals surface area contributed by atoms with E-state index < -0.39 is 15.7 Å². The lowest BCUT2D eigenvalue weighted by Gasteiger charge is -2.04. The number of fused-ring (bicyclic) bond motifs is 1. The molecule has 0 saturated heterocycles. The van der Waals surface area contributed by atoms with Crippen molar-refractivity contribution in [3.63, 3.8) is 0 Å². The molecule has 9 nitrogen and oxygen atoms in total. The average Bonchev–Trinajstić information content (AvgIpc) is 3.36. The third-order valence-electron chi connectivity index (χ3n) is 4.28. The van der Waals surface area contributed by atoms with Gasteiger partial charge in [0.15, 0.2) is 21.3 Å². The van der Waals surface area contributed by atoms with Crippen molar-refractivity contribution in [2.75, 3.05) is 17.9 Å². The van der Waals surface area contributed by atoms with Gasteiger partial charge in [0, 0.05) is 17.0 Å². The van der Waals surface area contributed by atoms with Crippen molar-refractivity contribution in [2.45, 2.75) is 17.7 Å². The lowest BCUT2D eigenvalue weighted by Crippen LogP contribution is -2.14. The fourth-order valence-electron chi connectivity index (χ4n) is 2.78. The van der Waals surface area contributed by atoms with Crippen LogP contribution in [0.2, 0.25) is 5.02 Å². The van der Waals surface area contributed by atoms with Crippen LogP contribution in [0.25, 0.3) is 11.5 Å². The number of carbonyl (C=O) groups is 1. The number of sulfone groups is 1. The van der Waals surface area contributed by atoms with Crippen molar-refractivity contribution in [3.05, 3.63) is 47.5 Å². The van der Waals surface area contributed by atoms with Crippen LogP contribution in [0.5, 0.6) is 11.5 Å². The van der Waals surface area contributed by atoms with Gasteiger partial charge in [-0.05, 0) is 48.9 Å². The first-order chi connectivity index (χ1) is 14.4. The maximum Gasteiger partial charge on any atom is 0.322 e. The van der Waals surface area contributed by atoms with Crippen LogP contribution >= 0.6 is 11.6 Å². The zero-order valence-electron chi connectivity index (χ0n) is 15.5. The van der Waals surface area contributed by atoms with Crippen LogP contribution in [0.15, 0.2) is 51.8 Å². The SMILES string of the molecule is O=C(CCCS(=O)(=O)c1ccc(Cl)cc1)Nc1nnc(-c2ccc3c(c2)OCO3)o1. The molecule has 11 heteroatoms. The number of hydrogen-bond donors (Lipinski definition) is 1. The summed E-state index contributed by atoms with van der Waals surface area (Å²) < 4.78 is 40.6. The first-order valence-corrected chi connectivity index (χ1v) is 11.0. The summed E-state index contributed by atoms with van der Waals surface area (Å²) in [6.07, 6.45) is 0.120. The molecule has 4 rings (SSSR count). The van der Waals surface area contributed by atoms with Gasteiger partial charge in [0.2, 0.25) is 18.6 Å². The number of halogens is 1. The summed E-state index contributed by atoms with van der Waals surface area (Å²) in [6, 6.07) is 11.0. The van der Waals surface area contributed by atoms with Gasteiger partial charge < -0.3 is 13.9 Å². The first kappa shape index (κ1) is 20.2. The number of ether oxygens (including phenoxy) is 2. The number of aromatic nitrogens is 2. The van der Waals surface area contributed by atoms with Gasteiger partial charge in [-0.1, -0.05) is 16.7 Å². The molecule has 2 aromatic carbocycles. The topological polar surface area (TPSA) is 121 Å². The summed E-state index contributed by atoms with van der Waals surface area (Å²) in [4.78, 5) is 12.3. The molecule has 156 valence electrons. The lowest BCUT2D eigenvalue weighted by atomic mass is 10.2. The minimum absolute atomic E-state index is 0.0193. The summed E-state index contributed by atoms with van der Waals surface area (Å²) >= 11 is 5.77. The quantitative estimate of drug-likeness (QED) is 0.583. The number of rotatable bonds is 7. The molecule has 0 atom stereocenters. The molecule has 3 aromatic rings. The molecule has 0 bridgehead atoms. The number of anilines is 1. The number of amides is 1. The highest BCUT2D eigenvalue weighted by Gasteiger charge is 2.18. The molecule has 30 heavy (non-hydrogen) atoms. The second-order valence-corrected chi connectivity index (χ2v) is 8.95. The van der Waals surface area contributed by atoms with Gasteiger partial charge >= 0.3 is 6.01 Å². The smallest absolute Gasteiger partial charge is 0.322 e. The van der Waals surface area contributed by atoms with Crippen LogP contribution in [0, 0.1) is 0 Å². The summed E-state index contributed by atoms with van der Waals surface area (Å²) in [7, 11) is -3.49. The largest absolute Gasteiger partial charge is 0.454 e. The van der Waals surface area contributed by atoms with E-state index in [1.54, 1.807) is 18.2 Å². The van der Waals surface area contributed by atoms with E-state index in [0.717, 1.165) is 0 Å². The van der Waals surface area contributed by atoms with E-state index in [1.165, 1.54) is 24.3 Å². The van der Waals surface area contributed by atoms with E-state index in [9.17, 15) is 13.2 Å². The van der Waals surface area contributed by atoms with Crippen molar-refractivity contribution < 1.29 is 27.1 Å². The van der Waals surface area contributed by atoms with E-state index in [-0.39, 0.29) is 42.2 Å².